The molecule has 1 aliphatic rings. The first-order chi connectivity index (χ1) is 10.9. The van der Waals surface area contributed by atoms with Crippen molar-refractivity contribution in [2.75, 3.05) is 13.7 Å². The quantitative estimate of drug-likeness (QED) is 0.942. The Morgan fingerprint density at radius 1 is 1.39 bits per heavy atom. The van der Waals surface area contributed by atoms with Crippen LogP contribution in [-0.4, -0.2) is 45.8 Å². The van der Waals surface area contributed by atoms with Crippen molar-refractivity contribution in [3.63, 3.8) is 0 Å². The molecule has 124 valence electrons. The van der Waals surface area contributed by atoms with E-state index in [1.54, 1.807) is 21.0 Å². The van der Waals surface area contributed by atoms with Crippen LogP contribution in [-0.2, 0) is 11.3 Å². The SMILES string of the molecule is COc1ccc2c(ccn2CC(=O)N2CCCC2C(C)(C)O)c1. The van der Waals surface area contributed by atoms with Crippen LogP contribution in [0.5, 0.6) is 5.75 Å². The van der Waals surface area contributed by atoms with Crippen LogP contribution < -0.4 is 4.74 Å². The number of aromatic nitrogens is 1. The molecule has 0 saturated carbocycles. The monoisotopic (exact) mass is 316 g/mol. The van der Waals surface area contributed by atoms with Gasteiger partial charge in [0.15, 0.2) is 0 Å². The molecular weight excluding hydrogens is 292 g/mol. The molecule has 23 heavy (non-hydrogen) atoms. The van der Waals surface area contributed by atoms with Crippen molar-refractivity contribution in [1.82, 2.24) is 9.47 Å². The number of rotatable bonds is 4. The summed E-state index contributed by atoms with van der Waals surface area (Å²) in [5.74, 6) is 0.867. The molecule has 1 aliphatic heterocycles. The van der Waals surface area contributed by atoms with E-state index in [-0.39, 0.29) is 11.9 Å². The number of hydrogen-bond donors (Lipinski definition) is 1. The maximum absolute atomic E-state index is 12.7. The van der Waals surface area contributed by atoms with Gasteiger partial charge in [-0.3, -0.25) is 4.79 Å². The number of methoxy groups -OCH3 is 1. The Bertz CT molecular complexity index is 715. The van der Waals surface area contributed by atoms with Crippen LogP contribution >= 0.6 is 0 Å². The Labute approximate surface area is 136 Å². The third kappa shape index (κ3) is 3.06. The first-order valence-corrected chi connectivity index (χ1v) is 8.05. The van der Waals surface area contributed by atoms with Gasteiger partial charge in [0.25, 0.3) is 0 Å². The van der Waals surface area contributed by atoms with E-state index in [2.05, 4.69) is 0 Å². The molecule has 1 aromatic heterocycles. The number of amides is 1. The number of aliphatic hydroxyl groups is 1. The average molecular weight is 316 g/mol. The van der Waals surface area contributed by atoms with E-state index in [0.717, 1.165) is 36.0 Å². The smallest absolute Gasteiger partial charge is 0.242 e. The normalized spacial score (nSPS) is 18.6. The number of fused-ring (bicyclic) bond motifs is 1. The highest BCUT2D eigenvalue weighted by molar-refractivity contribution is 5.84. The van der Waals surface area contributed by atoms with Crippen molar-refractivity contribution >= 4 is 16.8 Å². The fraction of sp³-hybridized carbons (Fsp3) is 0.500. The van der Waals surface area contributed by atoms with Crippen molar-refractivity contribution in [2.45, 2.75) is 44.9 Å². The molecule has 1 atom stereocenters. The zero-order valence-corrected chi connectivity index (χ0v) is 14.0. The molecule has 1 fully saturated rings. The number of ether oxygens (including phenoxy) is 1. The Balaban J connectivity index is 1.80. The lowest BCUT2D eigenvalue weighted by atomic mass is 9.96. The van der Waals surface area contributed by atoms with Gasteiger partial charge in [-0.25, -0.2) is 0 Å². The summed E-state index contributed by atoms with van der Waals surface area (Å²) < 4.78 is 7.19. The Morgan fingerprint density at radius 2 is 2.17 bits per heavy atom. The van der Waals surface area contributed by atoms with E-state index in [9.17, 15) is 9.90 Å². The second-order valence-corrected chi connectivity index (χ2v) is 6.77. The molecule has 0 bridgehead atoms. The van der Waals surface area contributed by atoms with E-state index in [4.69, 9.17) is 4.74 Å². The predicted molar refractivity (Wildman–Crippen MR) is 89.5 cm³/mol. The first-order valence-electron chi connectivity index (χ1n) is 8.05. The van der Waals surface area contributed by atoms with Gasteiger partial charge >= 0.3 is 0 Å². The third-order valence-electron chi connectivity index (χ3n) is 4.67. The second-order valence-electron chi connectivity index (χ2n) is 6.77. The molecule has 0 aliphatic carbocycles. The number of hydrogen-bond acceptors (Lipinski definition) is 3. The highest BCUT2D eigenvalue weighted by Crippen LogP contribution is 2.28. The second kappa shape index (κ2) is 5.89. The summed E-state index contributed by atoms with van der Waals surface area (Å²) in [6.07, 6.45) is 3.74. The number of carbonyl (C=O) groups is 1. The molecule has 0 radical (unpaired) electrons. The summed E-state index contributed by atoms with van der Waals surface area (Å²) in [7, 11) is 1.64. The number of nitrogens with zero attached hydrogens (tertiary/aromatic N) is 2. The van der Waals surface area contributed by atoms with Gasteiger partial charge in [-0.15, -0.1) is 0 Å². The molecule has 1 saturated heterocycles. The minimum atomic E-state index is -0.863. The zero-order chi connectivity index (χ0) is 16.6. The van der Waals surface area contributed by atoms with Crippen LogP contribution in [0.25, 0.3) is 10.9 Å². The van der Waals surface area contributed by atoms with Crippen LogP contribution in [0.3, 0.4) is 0 Å². The molecule has 3 rings (SSSR count). The molecular formula is C18H24N2O3. The summed E-state index contributed by atoms with van der Waals surface area (Å²) in [6.45, 7) is 4.57. The van der Waals surface area contributed by atoms with Crippen LogP contribution in [0.15, 0.2) is 30.5 Å². The molecule has 1 N–H and O–H groups in total. The highest BCUT2D eigenvalue weighted by Gasteiger charge is 2.38. The topological polar surface area (TPSA) is 54.7 Å². The van der Waals surface area contributed by atoms with Crippen molar-refractivity contribution in [2.24, 2.45) is 0 Å². The summed E-state index contributed by atoms with van der Waals surface area (Å²) in [5, 5.41) is 11.3. The van der Waals surface area contributed by atoms with Crippen molar-refractivity contribution < 1.29 is 14.6 Å². The number of likely N-dealkylation sites (tertiary alicyclic amines) is 1. The average Bonchev–Trinajstić information content (AvgIpc) is 3.13. The first kappa shape index (κ1) is 15.9. The molecule has 1 amide bonds. The molecule has 5 heteroatoms. The van der Waals surface area contributed by atoms with Gasteiger partial charge in [0.1, 0.15) is 12.3 Å². The lowest BCUT2D eigenvalue weighted by molar-refractivity contribution is -0.137. The minimum Gasteiger partial charge on any atom is -0.497 e. The van der Waals surface area contributed by atoms with Crippen LogP contribution in [0.4, 0.5) is 0 Å². The summed E-state index contributed by atoms with van der Waals surface area (Å²) >= 11 is 0. The number of benzene rings is 1. The lowest BCUT2D eigenvalue weighted by Crippen LogP contribution is -2.49. The van der Waals surface area contributed by atoms with Crippen LogP contribution in [0.2, 0.25) is 0 Å². The van der Waals surface area contributed by atoms with Crippen LogP contribution in [0.1, 0.15) is 26.7 Å². The maximum atomic E-state index is 12.7. The largest absolute Gasteiger partial charge is 0.497 e. The van der Waals surface area contributed by atoms with Crippen molar-refractivity contribution in [3.8, 4) is 5.75 Å². The molecule has 1 aromatic carbocycles. The Hall–Kier alpha value is -2.01. The van der Waals surface area contributed by atoms with Crippen molar-refractivity contribution in [1.29, 1.82) is 0 Å². The summed E-state index contributed by atoms with van der Waals surface area (Å²) in [4.78, 5) is 14.5. The maximum Gasteiger partial charge on any atom is 0.242 e. The molecule has 2 aromatic rings. The van der Waals surface area contributed by atoms with E-state index in [0.29, 0.717) is 6.54 Å². The summed E-state index contributed by atoms with van der Waals surface area (Å²) in [5.41, 5.74) is 0.149. The molecule has 0 spiro atoms. The van der Waals surface area contributed by atoms with Crippen molar-refractivity contribution in [3.05, 3.63) is 30.5 Å². The Kier molecular flexibility index (Phi) is 4.06. The third-order valence-corrected chi connectivity index (χ3v) is 4.67. The number of carbonyl (C=O) groups excluding carboxylic acids is 1. The fourth-order valence-corrected chi connectivity index (χ4v) is 3.48. The van der Waals surface area contributed by atoms with Gasteiger partial charge in [-0.05, 0) is 51.0 Å². The van der Waals surface area contributed by atoms with E-state index in [1.807, 2.05) is 39.9 Å². The van der Waals surface area contributed by atoms with Gasteiger partial charge in [-0.1, -0.05) is 0 Å². The van der Waals surface area contributed by atoms with Crippen LogP contribution in [0, 0.1) is 0 Å². The summed E-state index contributed by atoms with van der Waals surface area (Å²) in [6, 6.07) is 7.73. The standard InChI is InChI=1S/C18H24N2O3/c1-18(2,22)16-5-4-9-20(16)17(21)12-19-10-8-13-11-14(23-3)6-7-15(13)19/h6-8,10-11,16,22H,4-5,9,12H2,1-3H3. The minimum absolute atomic E-state index is 0.0583. The van der Waals surface area contributed by atoms with Gasteiger partial charge in [0.05, 0.1) is 18.8 Å². The predicted octanol–water partition coefficient (Wildman–Crippen LogP) is 2.41. The molecule has 1 unspecified atom stereocenters. The molecule has 5 nitrogen and oxygen atoms in total. The molecule has 2 heterocycles. The lowest BCUT2D eigenvalue weighted by Gasteiger charge is -2.34. The Morgan fingerprint density at radius 3 is 2.87 bits per heavy atom. The van der Waals surface area contributed by atoms with Gasteiger partial charge in [0.2, 0.25) is 5.91 Å². The fourth-order valence-electron chi connectivity index (χ4n) is 3.48. The van der Waals surface area contributed by atoms with E-state index < -0.39 is 5.60 Å². The van der Waals surface area contributed by atoms with E-state index in [1.165, 1.54) is 0 Å². The zero-order valence-electron chi connectivity index (χ0n) is 14.0. The van der Waals surface area contributed by atoms with Gasteiger partial charge < -0.3 is 19.3 Å². The van der Waals surface area contributed by atoms with E-state index >= 15 is 0 Å². The van der Waals surface area contributed by atoms with Gasteiger partial charge in [0, 0.05) is 23.6 Å². The highest BCUT2D eigenvalue weighted by atomic mass is 16.5. The van der Waals surface area contributed by atoms with Gasteiger partial charge in [-0.2, -0.15) is 0 Å².